The number of likely N-dealkylation sites (N-methyl/N-ethyl adjacent to an activating group) is 1. The van der Waals surface area contributed by atoms with Crippen LogP contribution in [0.25, 0.3) is 0 Å². The number of nitrogens with two attached hydrogens (primary N) is 1. The van der Waals surface area contributed by atoms with Crippen LogP contribution in [0.2, 0.25) is 0 Å². The summed E-state index contributed by atoms with van der Waals surface area (Å²) in [4.78, 5) is 18.4. The molecule has 0 bridgehead atoms. The van der Waals surface area contributed by atoms with Gasteiger partial charge in [0.25, 0.3) is 5.91 Å². The summed E-state index contributed by atoms with van der Waals surface area (Å²) in [5.74, 6) is -0.0927. The Hall–Kier alpha value is -0.980. The molecule has 1 aliphatic heterocycles. The van der Waals surface area contributed by atoms with Gasteiger partial charge in [-0.1, -0.05) is 6.42 Å². The third kappa shape index (κ3) is 3.28. The maximum atomic E-state index is 11.9. The molecule has 1 fully saturated rings. The minimum absolute atomic E-state index is 0.0927. The molecule has 100 valence electrons. The fourth-order valence-corrected chi connectivity index (χ4v) is 2.87. The van der Waals surface area contributed by atoms with Crippen LogP contribution in [0.3, 0.4) is 0 Å². The van der Waals surface area contributed by atoms with E-state index in [1.165, 1.54) is 24.2 Å². The second kappa shape index (κ2) is 6.26. The predicted molar refractivity (Wildman–Crippen MR) is 72.6 cm³/mol. The average Bonchev–Trinajstić information content (AvgIpc) is 2.86. The molecule has 1 atom stereocenters. The van der Waals surface area contributed by atoms with Crippen molar-refractivity contribution in [2.75, 3.05) is 20.1 Å². The second-order valence-electron chi connectivity index (χ2n) is 4.67. The second-order valence-corrected chi connectivity index (χ2v) is 5.61. The zero-order chi connectivity index (χ0) is 13.0. The van der Waals surface area contributed by atoms with Gasteiger partial charge >= 0.3 is 0 Å². The van der Waals surface area contributed by atoms with Crippen molar-refractivity contribution in [3.05, 3.63) is 16.1 Å². The predicted octanol–water partition coefficient (Wildman–Crippen LogP) is 0.816. The summed E-state index contributed by atoms with van der Waals surface area (Å²) in [6, 6.07) is 0.454. The molecular weight excluding hydrogens is 248 g/mol. The van der Waals surface area contributed by atoms with E-state index in [0.717, 1.165) is 18.0 Å². The first kappa shape index (κ1) is 13.5. The maximum absolute atomic E-state index is 11.9. The first-order valence-electron chi connectivity index (χ1n) is 6.33. The van der Waals surface area contributed by atoms with Crippen LogP contribution in [0.4, 0.5) is 0 Å². The van der Waals surface area contributed by atoms with E-state index in [1.54, 1.807) is 5.38 Å². The summed E-state index contributed by atoms with van der Waals surface area (Å²) in [5.41, 5.74) is 5.97. The molecule has 2 heterocycles. The van der Waals surface area contributed by atoms with Crippen LogP contribution in [-0.4, -0.2) is 42.0 Å². The summed E-state index contributed by atoms with van der Waals surface area (Å²) >= 11 is 1.43. The van der Waals surface area contributed by atoms with Crippen molar-refractivity contribution < 1.29 is 4.79 Å². The molecule has 5 nitrogen and oxygen atoms in total. The Morgan fingerprint density at radius 2 is 2.50 bits per heavy atom. The SMILES string of the molecule is CN1CCCCC1CNC(=O)c1csc(CN)n1. The molecule has 1 saturated heterocycles. The molecular formula is C12H20N4OS. The van der Waals surface area contributed by atoms with Gasteiger partial charge in [-0.05, 0) is 26.4 Å². The number of piperidine rings is 1. The molecule has 0 aromatic carbocycles. The van der Waals surface area contributed by atoms with Gasteiger partial charge in [0.15, 0.2) is 0 Å². The zero-order valence-corrected chi connectivity index (χ0v) is 11.5. The number of carbonyl (C=O) groups excluding carboxylic acids is 1. The molecule has 0 spiro atoms. The summed E-state index contributed by atoms with van der Waals surface area (Å²) < 4.78 is 0. The number of nitrogens with one attached hydrogen (secondary N) is 1. The summed E-state index contributed by atoms with van der Waals surface area (Å²) in [6.07, 6.45) is 3.66. The Morgan fingerprint density at radius 1 is 1.67 bits per heavy atom. The molecule has 1 aliphatic rings. The lowest BCUT2D eigenvalue weighted by atomic mass is 10.0. The smallest absolute Gasteiger partial charge is 0.270 e. The highest BCUT2D eigenvalue weighted by Crippen LogP contribution is 2.14. The number of rotatable bonds is 4. The van der Waals surface area contributed by atoms with Gasteiger partial charge in [-0.25, -0.2) is 4.98 Å². The van der Waals surface area contributed by atoms with Gasteiger partial charge in [0.05, 0.1) is 0 Å². The lowest BCUT2D eigenvalue weighted by molar-refractivity contribution is 0.0924. The number of aromatic nitrogens is 1. The first-order chi connectivity index (χ1) is 8.70. The third-order valence-corrected chi connectivity index (χ3v) is 4.25. The molecule has 1 unspecified atom stereocenters. The number of carbonyl (C=O) groups is 1. The molecule has 1 amide bonds. The largest absolute Gasteiger partial charge is 0.349 e. The molecule has 3 N–H and O–H groups in total. The summed E-state index contributed by atoms with van der Waals surface area (Å²) in [7, 11) is 2.12. The van der Waals surface area contributed by atoms with Crippen molar-refractivity contribution >= 4 is 17.2 Å². The number of likely N-dealkylation sites (tertiary alicyclic amines) is 1. The Bertz CT molecular complexity index is 407. The van der Waals surface area contributed by atoms with Crippen molar-refractivity contribution in [3.8, 4) is 0 Å². The first-order valence-corrected chi connectivity index (χ1v) is 7.21. The van der Waals surface area contributed by atoms with Crippen LogP contribution in [-0.2, 0) is 6.54 Å². The van der Waals surface area contributed by atoms with Crippen molar-refractivity contribution in [3.63, 3.8) is 0 Å². The number of thiazole rings is 1. The lowest BCUT2D eigenvalue weighted by Gasteiger charge is -2.32. The van der Waals surface area contributed by atoms with E-state index in [2.05, 4.69) is 22.2 Å². The van der Waals surface area contributed by atoms with Crippen LogP contribution < -0.4 is 11.1 Å². The number of nitrogens with zero attached hydrogens (tertiary/aromatic N) is 2. The topological polar surface area (TPSA) is 71.2 Å². The minimum atomic E-state index is -0.0927. The fraction of sp³-hybridized carbons (Fsp3) is 0.667. The van der Waals surface area contributed by atoms with Crippen molar-refractivity contribution in [2.24, 2.45) is 5.73 Å². The van der Waals surface area contributed by atoms with Gasteiger partial charge in [-0.2, -0.15) is 0 Å². The number of amides is 1. The van der Waals surface area contributed by atoms with Gasteiger partial charge < -0.3 is 16.0 Å². The highest BCUT2D eigenvalue weighted by Gasteiger charge is 2.20. The summed E-state index contributed by atoms with van der Waals surface area (Å²) in [5, 5.41) is 5.53. The monoisotopic (exact) mass is 268 g/mol. The fourth-order valence-electron chi connectivity index (χ4n) is 2.21. The van der Waals surface area contributed by atoms with Crippen LogP contribution >= 0.6 is 11.3 Å². The highest BCUT2D eigenvalue weighted by atomic mass is 32.1. The molecule has 0 saturated carbocycles. The van der Waals surface area contributed by atoms with E-state index in [9.17, 15) is 4.79 Å². The van der Waals surface area contributed by atoms with E-state index < -0.39 is 0 Å². The number of hydrogen-bond acceptors (Lipinski definition) is 5. The quantitative estimate of drug-likeness (QED) is 0.848. The van der Waals surface area contributed by atoms with Gasteiger partial charge in [-0.3, -0.25) is 4.79 Å². The normalized spacial score (nSPS) is 20.9. The molecule has 6 heteroatoms. The molecule has 2 rings (SSSR count). The lowest BCUT2D eigenvalue weighted by Crippen LogP contribution is -2.44. The maximum Gasteiger partial charge on any atom is 0.270 e. The van der Waals surface area contributed by atoms with Crippen LogP contribution in [0.5, 0.6) is 0 Å². The molecule has 0 aliphatic carbocycles. The van der Waals surface area contributed by atoms with Crippen molar-refractivity contribution in [1.82, 2.24) is 15.2 Å². The molecule has 18 heavy (non-hydrogen) atoms. The van der Waals surface area contributed by atoms with E-state index >= 15 is 0 Å². The Kier molecular flexibility index (Phi) is 4.68. The van der Waals surface area contributed by atoms with Gasteiger partial charge in [0, 0.05) is 24.5 Å². The number of hydrogen-bond donors (Lipinski definition) is 2. The van der Waals surface area contributed by atoms with Crippen LogP contribution in [0, 0.1) is 0 Å². The molecule has 0 radical (unpaired) electrons. The zero-order valence-electron chi connectivity index (χ0n) is 10.7. The van der Waals surface area contributed by atoms with Crippen molar-refractivity contribution in [1.29, 1.82) is 0 Å². The van der Waals surface area contributed by atoms with Crippen LogP contribution in [0.15, 0.2) is 5.38 Å². The van der Waals surface area contributed by atoms with Gasteiger partial charge in [0.1, 0.15) is 10.7 Å². The third-order valence-electron chi connectivity index (χ3n) is 3.38. The Morgan fingerprint density at radius 3 is 3.17 bits per heavy atom. The molecule has 1 aromatic rings. The highest BCUT2D eigenvalue weighted by molar-refractivity contribution is 7.09. The van der Waals surface area contributed by atoms with Gasteiger partial charge in [0.2, 0.25) is 0 Å². The van der Waals surface area contributed by atoms with E-state index in [4.69, 9.17) is 5.73 Å². The molecule has 1 aromatic heterocycles. The van der Waals surface area contributed by atoms with Crippen molar-refractivity contribution in [2.45, 2.75) is 31.8 Å². The Balaban J connectivity index is 1.84. The van der Waals surface area contributed by atoms with E-state index in [0.29, 0.717) is 24.8 Å². The standard InChI is InChI=1S/C12H20N4OS/c1-16-5-3-2-4-9(16)7-14-12(17)10-8-18-11(6-13)15-10/h8-9H,2-7,13H2,1H3,(H,14,17). The van der Waals surface area contributed by atoms with Crippen LogP contribution in [0.1, 0.15) is 34.8 Å². The minimum Gasteiger partial charge on any atom is -0.349 e. The average molecular weight is 268 g/mol. The van der Waals surface area contributed by atoms with E-state index in [-0.39, 0.29) is 5.91 Å². The van der Waals surface area contributed by atoms with E-state index in [1.807, 2.05) is 0 Å². The Labute approximate surface area is 111 Å². The van der Waals surface area contributed by atoms with Gasteiger partial charge in [-0.15, -0.1) is 11.3 Å². The summed E-state index contributed by atoms with van der Waals surface area (Å²) in [6.45, 7) is 2.21.